The Bertz CT molecular complexity index is 724. The van der Waals surface area contributed by atoms with Gasteiger partial charge in [-0.1, -0.05) is 37.8 Å². The monoisotopic (exact) mass is 329 g/mol. The number of esters is 1. The van der Waals surface area contributed by atoms with Crippen LogP contribution in [0.4, 0.5) is 0 Å². The Hall–Kier alpha value is -1.81. The van der Waals surface area contributed by atoms with Crippen LogP contribution in [0.2, 0.25) is 0 Å². The lowest BCUT2D eigenvalue weighted by atomic mass is 9.91. The minimum absolute atomic E-state index is 0.169. The van der Waals surface area contributed by atoms with E-state index in [0.717, 1.165) is 10.9 Å². The average Bonchev–Trinajstić information content (AvgIpc) is 2.75. The fraction of sp³-hybridized carbons (Fsp3) is 0.550. The number of hydrogen-bond donors (Lipinski definition) is 1. The second-order valence-electron chi connectivity index (χ2n) is 6.72. The highest BCUT2D eigenvalue weighted by molar-refractivity contribution is 6.06. The first-order chi connectivity index (χ1) is 11.7. The zero-order chi connectivity index (χ0) is 17.1. The molecule has 0 bridgehead atoms. The summed E-state index contributed by atoms with van der Waals surface area (Å²) in [7, 11) is 1.91. The second-order valence-corrected chi connectivity index (χ2v) is 6.72. The van der Waals surface area contributed by atoms with E-state index in [1.165, 1.54) is 44.1 Å². The molecule has 0 aliphatic heterocycles. The molecule has 1 aromatic heterocycles. The van der Waals surface area contributed by atoms with Crippen LogP contribution in [0, 0.1) is 0 Å². The summed E-state index contributed by atoms with van der Waals surface area (Å²) in [5.74, 6) is 0.254. The van der Waals surface area contributed by atoms with Crippen molar-refractivity contribution in [1.82, 2.24) is 4.57 Å². The van der Waals surface area contributed by atoms with E-state index in [0.29, 0.717) is 23.8 Å². The van der Waals surface area contributed by atoms with E-state index in [9.17, 15) is 9.90 Å². The Balaban J connectivity index is 2.06. The van der Waals surface area contributed by atoms with E-state index in [2.05, 4.69) is 12.1 Å². The van der Waals surface area contributed by atoms with Gasteiger partial charge in [-0.2, -0.15) is 0 Å². The van der Waals surface area contributed by atoms with Gasteiger partial charge >= 0.3 is 5.97 Å². The number of rotatable bonds is 4. The van der Waals surface area contributed by atoms with Crippen LogP contribution in [0.1, 0.15) is 73.0 Å². The molecule has 0 unspecified atom stereocenters. The molecule has 1 aromatic carbocycles. The minimum Gasteiger partial charge on any atom is -0.462 e. The summed E-state index contributed by atoms with van der Waals surface area (Å²) >= 11 is 0. The molecule has 1 aliphatic carbocycles. The van der Waals surface area contributed by atoms with Crippen molar-refractivity contribution in [1.29, 1.82) is 0 Å². The standard InChI is InChI=1S/C20H27NO3/c1-3-24-20(23)19-16-11-10-15(14-8-6-4-5-7-9-14)12-17(16)21(2)18(19)13-22/h10-12,14,22H,3-9,13H2,1-2H3. The van der Waals surface area contributed by atoms with Gasteiger partial charge in [0.1, 0.15) is 0 Å². The van der Waals surface area contributed by atoms with Crippen LogP contribution in [0.5, 0.6) is 0 Å². The topological polar surface area (TPSA) is 51.5 Å². The molecular weight excluding hydrogens is 302 g/mol. The van der Waals surface area contributed by atoms with Crippen LogP contribution in [-0.2, 0) is 18.4 Å². The molecule has 2 aromatic rings. The van der Waals surface area contributed by atoms with Crippen molar-refractivity contribution in [2.45, 2.75) is 58.0 Å². The van der Waals surface area contributed by atoms with E-state index in [-0.39, 0.29) is 12.6 Å². The maximum atomic E-state index is 12.3. The molecule has 1 heterocycles. The number of hydrogen-bond acceptors (Lipinski definition) is 3. The highest BCUT2D eigenvalue weighted by Gasteiger charge is 2.23. The number of carbonyl (C=O) groups is 1. The second kappa shape index (κ2) is 7.39. The molecule has 1 fully saturated rings. The third-order valence-corrected chi connectivity index (χ3v) is 5.30. The number of aliphatic hydroxyl groups is 1. The van der Waals surface area contributed by atoms with Gasteiger partial charge in [-0.05, 0) is 37.3 Å². The van der Waals surface area contributed by atoms with Crippen LogP contribution < -0.4 is 0 Å². The number of aryl methyl sites for hydroxylation is 1. The zero-order valence-electron chi connectivity index (χ0n) is 14.7. The normalized spacial score (nSPS) is 16.3. The van der Waals surface area contributed by atoms with Crippen molar-refractivity contribution in [3.05, 3.63) is 35.0 Å². The summed E-state index contributed by atoms with van der Waals surface area (Å²) in [6.45, 7) is 1.96. The third-order valence-electron chi connectivity index (χ3n) is 5.30. The molecule has 0 saturated heterocycles. The summed E-state index contributed by atoms with van der Waals surface area (Å²) in [5, 5.41) is 10.6. The van der Waals surface area contributed by atoms with Crippen molar-refractivity contribution < 1.29 is 14.6 Å². The van der Waals surface area contributed by atoms with E-state index >= 15 is 0 Å². The number of fused-ring (bicyclic) bond motifs is 1. The molecule has 130 valence electrons. The molecule has 1 saturated carbocycles. The maximum Gasteiger partial charge on any atom is 0.340 e. The van der Waals surface area contributed by atoms with Gasteiger partial charge in [0.05, 0.1) is 24.5 Å². The summed E-state index contributed by atoms with van der Waals surface area (Å²) in [6, 6.07) is 6.39. The molecule has 4 heteroatoms. The van der Waals surface area contributed by atoms with Gasteiger partial charge in [-0.15, -0.1) is 0 Å². The van der Waals surface area contributed by atoms with Gasteiger partial charge < -0.3 is 14.4 Å². The first kappa shape index (κ1) is 17.0. The smallest absolute Gasteiger partial charge is 0.340 e. The molecule has 4 nitrogen and oxygen atoms in total. The lowest BCUT2D eigenvalue weighted by Crippen LogP contribution is -2.08. The van der Waals surface area contributed by atoms with Crippen molar-refractivity contribution in [2.75, 3.05) is 6.61 Å². The van der Waals surface area contributed by atoms with Crippen molar-refractivity contribution in [3.63, 3.8) is 0 Å². The number of nitrogens with zero attached hydrogens (tertiary/aromatic N) is 1. The number of ether oxygens (including phenoxy) is 1. The Morgan fingerprint density at radius 3 is 2.58 bits per heavy atom. The first-order valence-electron chi connectivity index (χ1n) is 9.06. The highest BCUT2D eigenvalue weighted by Crippen LogP contribution is 2.35. The molecule has 1 N–H and O–H groups in total. The van der Waals surface area contributed by atoms with E-state index in [1.54, 1.807) is 6.92 Å². The van der Waals surface area contributed by atoms with Crippen LogP contribution in [0.15, 0.2) is 18.2 Å². The quantitative estimate of drug-likeness (QED) is 0.672. The summed E-state index contributed by atoms with van der Waals surface area (Å²) in [6.07, 6.45) is 7.76. The third kappa shape index (κ3) is 3.07. The van der Waals surface area contributed by atoms with Crippen LogP contribution >= 0.6 is 0 Å². The van der Waals surface area contributed by atoms with Gasteiger partial charge in [0.2, 0.25) is 0 Å². The first-order valence-corrected chi connectivity index (χ1v) is 9.06. The maximum absolute atomic E-state index is 12.3. The SMILES string of the molecule is CCOC(=O)c1c(CO)n(C)c2cc(C3CCCCCC3)ccc12. The van der Waals surface area contributed by atoms with Gasteiger partial charge in [0.25, 0.3) is 0 Å². The average molecular weight is 329 g/mol. The fourth-order valence-electron chi connectivity index (χ4n) is 3.99. The predicted molar refractivity (Wildman–Crippen MR) is 95.2 cm³/mol. The van der Waals surface area contributed by atoms with Gasteiger partial charge in [0.15, 0.2) is 0 Å². The van der Waals surface area contributed by atoms with Crippen molar-refractivity contribution in [2.24, 2.45) is 7.05 Å². The molecule has 0 radical (unpaired) electrons. The predicted octanol–water partition coefficient (Wildman–Crippen LogP) is 4.29. The zero-order valence-corrected chi connectivity index (χ0v) is 14.7. The molecule has 0 amide bonds. The molecule has 0 spiro atoms. The Morgan fingerprint density at radius 1 is 1.25 bits per heavy atom. The number of carbonyl (C=O) groups excluding carboxylic acids is 1. The Labute approximate surface area is 143 Å². The van der Waals surface area contributed by atoms with Crippen LogP contribution in [0.3, 0.4) is 0 Å². The number of aromatic nitrogens is 1. The number of aliphatic hydroxyl groups excluding tert-OH is 1. The molecule has 1 aliphatic rings. The molecule has 0 atom stereocenters. The van der Waals surface area contributed by atoms with Crippen LogP contribution in [-0.4, -0.2) is 22.2 Å². The summed E-state index contributed by atoms with van der Waals surface area (Å²) < 4.78 is 7.12. The summed E-state index contributed by atoms with van der Waals surface area (Å²) in [5.41, 5.74) is 3.49. The van der Waals surface area contributed by atoms with Gasteiger partial charge in [-0.25, -0.2) is 4.79 Å². The van der Waals surface area contributed by atoms with Crippen LogP contribution in [0.25, 0.3) is 10.9 Å². The molecular formula is C20H27NO3. The molecule has 24 heavy (non-hydrogen) atoms. The van der Waals surface area contributed by atoms with E-state index < -0.39 is 0 Å². The van der Waals surface area contributed by atoms with Crippen molar-refractivity contribution in [3.8, 4) is 0 Å². The van der Waals surface area contributed by atoms with E-state index in [4.69, 9.17) is 4.74 Å². The Kier molecular flexibility index (Phi) is 5.24. The highest BCUT2D eigenvalue weighted by atomic mass is 16.5. The fourth-order valence-corrected chi connectivity index (χ4v) is 3.99. The van der Waals surface area contributed by atoms with Crippen molar-refractivity contribution >= 4 is 16.9 Å². The summed E-state index contributed by atoms with van der Waals surface area (Å²) in [4.78, 5) is 12.3. The van der Waals surface area contributed by atoms with E-state index in [1.807, 2.05) is 17.7 Å². The largest absolute Gasteiger partial charge is 0.462 e. The number of benzene rings is 1. The van der Waals surface area contributed by atoms with Gasteiger partial charge in [-0.3, -0.25) is 0 Å². The minimum atomic E-state index is -0.352. The lowest BCUT2D eigenvalue weighted by Gasteiger charge is -2.15. The molecule has 3 rings (SSSR count). The Morgan fingerprint density at radius 2 is 1.96 bits per heavy atom. The van der Waals surface area contributed by atoms with Gasteiger partial charge in [0, 0.05) is 18.0 Å². The lowest BCUT2D eigenvalue weighted by molar-refractivity contribution is 0.0524.